The normalized spacial score (nSPS) is 53.8. The molecule has 10 aliphatic rings. The zero-order valence-electron chi connectivity index (χ0n) is 31.3. The number of carbonyl (C=O) groups is 1. The molecule has 0 aromatic rings. The zero-order chi connectivity index (χ0) is 36.1. The van der Waals surface area contributed by atoms with Gasteiger partial charge in [-0.15, -0.1) is 0 Å². The second-order valence-corrected chi connectivity index (χ2v) is 18.3. The Bertz CT molecular complexity index is 1410. The van der Waals surface area contributed by atoms with E-state index in [0.29, 0.717) is 44.4 Å². The number of ketones is 1. The fourth-order valence-corrected chi connectivity index (χ4v) is 11.7. The molecule has 10 heterocycles. The number of hydrogen-bond acceptors (Lipinski definition) is 11. The van der Waals surface area contributed by atoms with Crippen LogP contribution in [0.25, 0.3) is 0 Å². The fraction of sp³-hybridized carbons (Fsp3) is 0.878. The maximum atomic E-state index is 14.0. The van der Waals surface area contributed by atoms with Gasteiger partial charge in [0.15, 0.2) is 5.79 Å². The van der Waals surface area contributed by atoms with Crippen LogP contribution in [-0.4, -0.2) is 114 Å². The summed E-state index contributed by atoms with van der Waals surface area (Å²) in [7, 11) is 0. The molecule has 290 valence electrons. The maximum Gasteiger partial charge on any atom is 0.172 e. The van der Waals surface area contributed by atoms with Crippen molar-refractivity contribution in [2.45, 2.75) is 201 Å². The Hall–Kier alpha value is -1.25. The molecule has 0 amide bonds. The Labute approximate surface area is 308 Å². The van der Waals surface area contributed by atoms with E-state index >= 15 is 0 Å². The lowest BCUT2D eigenvalue weighted by Crippen LogP contribution is -2.61. The number of hydrogen-bond donors (Lipinski definition) is 2. The van der Waals surface area contributed by atoms with Crippen LogP contribution < -0.4 is 5.73 Å². The van der Waals surface area contributed by atoms with Crippen LogP contribution in [0.5, 0.6) is 0 Å². The van der Waals surface area contributed by atoms with Crippen LogP contribution >= 0.6 is 0 Å². The average Bonchev–Trinajstić information content (AvgIpc) is 3.73. The first-order valence-corrected chi connectivity index (χ1v) is 20.5. The van der Waals surface area contributed by atoms with Gasteiger partial charge < -0.3 is 48.7 Å². The molecule has 0 aromatic heterocycles. The van der Waals surface area contributed by atoms with E-state index in [4.69, 9.17) is 43.6 Å². The van der Waals surface area contributed by atoms with Crippen LogP contribution in [0.3, 0.4) is 0 Å². The van der Waals surface area contributed by atoms with Crippen LogP contribution in [0.2, 0.25) is 0 Å². The van der Waals surface area contributed by atoms with Gasteiger partial charge in [0, 0.05) is 45.1 Å². The summed E-state index contributed by atoms with van der Waals surface area (Å²) in [5, 5.41) is 10.5. The highest BCUT2D eigenvalue weighted by molar-refractivity contribution is 5.79. The van der Waals surface area contributed by atoms with Gasteiger partial charge in [-0.25, -0.2) is 0 Å². The highest BCUT2D eigenvalue weighted by Gasteiger charge is 2.73. The summed E-state index contributed by atoms with van der Waals surface area (Å²) < 4.78 is 54.5. The molecule has 10 aliphatic heterocycles. The summed E-state index contributed by atoms with van der Waals surface area (Å²) >= 11 is 0. The van der Waals surface area contributed by atoms with E-state index in [9.17, 15) is 9.90 Å². The predicted octanol–water partition coefficient (Wildman–Crippen LogP) is 4.45. The molecule has 0 radical (unpaired) electrons. The van der Waals surface area contributed by atoms with E-state index in [0.717, 1.165) is 56.1 Å². The number of aliphatic hydroxyl groups is 1. The monoisotopic (exact) mass is 727 g/mol. The van der Waals surface area contributed by atoms with Gasteiger partial charge in [0.2, 0.25) is 0 Å². The van der Waals surface area contributed by atoms with Crippen LogP contribution in [0.1, 0.15) is 104 Å². The highest BCUT2D eigenvalue weighted by Crippen LogP contribution is 2.58. The Morgan fingerprint density at radius 3 is 2.40 bits per heavy atom. The molecule has 0 aliphatic carbocycles. The molecular formula is C41H61NO10. The molecule has 11 heteroatoms. The van der Waals surface area contributed by atoms with E-state index in [1.54, 1.807) is 0 Å². The molecule has 11 nitrogen and oxygen atoms in total. The van der Waals surface area contributed by atoms with Gasteiger partial charge in [0.1, 0.15) is 41.9 Å². The van der Waals surface area contributed by atoms with Crippen LogP contribution in [0.4, 0.5) is 0 Å². The molecule has 10 saturated heterocycles. The minimum Gasteiger partial charge on any atom is -0.392 e. The van der Waals surface area contributed by atoms with Crippen LogP contribution in [0.15, 0.2) is 24.3 Å². The summed E-state index contributed by atoms with van der Waals surface area (Å²) in [4.78, 5) is 14.0. The van der Waals surface area contributed by atoms with Crippen molar-refractivity contribution >= 4 is 5.78 Å². The van der Waals surface area contributed by atoms with Crippen molar-refractivity contribution in [3.8, 4) is 0 Å². The van der Waals surface area contributed by atoms with Crippen molar-refractivity contribution in [1.29, 1.82) is 0 Å². The number of nitrogens with two attached hydrogens (primary N) is 1. The topological polar surface area (TPSA) is 137 Å². The lowest BCUT2D eigenvalue weighted by atomic mass is 9.78. The summed E-state index contributed by atoms with van der Waals surface area (Å²) in [5.41, 5.74) is 7.57. The molecule has 10 rings (SSSR count). The van der Waals surface area contributed by atoms with Crippen molar-refractivity contribution in [3.63, 3.8) is 0 Å². The summed E-state index contributed by atoms with van der Waals surface area (Å²) in [6.45, 7) is 15.6. The first kappa shape index (κ1) is 36.4. The molecule has 0 saturated carbocycles. The Balaban J connectivity index is 0.994. The van der Waals surface area contributed by atoms with E-state index in [1.165, 1.54) is 0 Å². The van der Waals surface area contributed by atoms with Crippen LogP contribution in [-0.2, 0) is 42.7 Å². The third kappa shape index (κ3) is 6.40. The minimum absolute atomic E-state index is 0.00566. The van der Waals surface area contributed by atoms with E-state index in [2.05, 4.69) is 33.9 Å². The van der Waals surface area contributed by atoms with Crippen molar-refractivity contribution in [2.75, 3.05) is 6.54 Å². The second-order valence-electron chi connectivity index (χ2n) is 18.3. The lowest BCUT2D eigenvalue weighted by Gasteiger charge is -2.47. The van der Waals surface area contributed by atoms with Crippen molar-refractivity contribution < 1.29 is 47.8 Å². The molecule has 19 atom stereocenters. The quantitative estimate of drug-likeness (QED) is 0.399. The molecule has 1 spiro atoms. The average molecular weight is 728 g/mol. The van der Waals surface area contributed by atoms with Crippen molar-refractivity contribution in [1.82, 2.24) is 0 Å². The predicted molar refractivity (Wildman–Crippen MR) is 189 cm³/mol. The van der Waals surface area contributed by atoms with Gasteiger partial charge in [-0.2, -0.15) is 0 Å². The number of rotatable bonds is 3. The number of ether oxygens (including phenoxy) is 8. The number of carbonyl (C=O) groups excluding carboxylic acids is 1. The maximum absolute atomic E-state index is 14.0. The van der Waals surface area contributed by atoms with E-state index in [-0.39, 0.29) is 104 Å². The summed E-state index contributed by atoms with van der Waals surface area (Å²) in [5.74, 6) is -0.272. The second kappa shape index (κ2) is 13.7. The Morgan fingerprint density at radius 2 is 1.58 bits per heavy atom. The zero-order valence-corrected chi connectivity index (χ0v) is 31.3. The van der Waals surface area contributed by atoms with Crippen molar-refractivity contribution in [2.24, 2.45) is 23.5 Å². The number of fused-ring (bicyclic) bond motifs is 6. The van der Waals surface area contributed by atoms with Gasteiger partial charge in [-0.1, -0.05) is 27.0 Å². The molecule has 12 bridgehead atoms. The molecule has 4 unspecified atom stereocenters. The Kier molecular flexibility index (Phi) is 9.62. The number of Topliss-reactive ketones (excluding diaryl/α,β-unsaturated/α-hetero) is 1. The van der Waals surface area contributed by atoms with Gasteiger partial charge in [-0.3, -0.25) is 4.79 Å². The SMILES string of the molecule is C=C1C[C@@H]2CC[C@@]34C[C@@]5(C)O[C@H]6[C@@H](O3)[C@H]3OC(CC[C@@H]3O[C@H]6C5O4)CC(=O)C[C@H]3C(C[C@H]4O[C@@H](CCC1O2)C[C@@H](C)C4=C)O[C@H](C[C@H](O)CN)[C@@H]3C. The first-order chi connectivity index (χ1) is 24.9. The fourth-order valence-electron chi connectivity index (χ4n) is 11.7. The highest BCUT2D eigenvalue weighted by atomic mass is 16.8. The Morgan fingerprint density at radius 1 is 0.808 bits per heavy atom. The van der Waals surface area contributed by atoms with Gasteiger partial charge in [-0.05, 0) is 80.8 Å². The molecule has 10 fully saturated rings. The lowest BCUT2D eigenvalue weighted by molar-refractivity contribution is -0.294. The first-order valence-electron chi connectivity index (χ1n) is 20.5. The van der Waals surface area contributed by atoms with E-state index in [1.807, 2.05) is 0 Å². The number of aliphatic hydroxyl groups excluding tert-OH is 1. The minimum atomic E-state index is -0.803. The van der Waals surface area contributed by atoms with Crippen LogP contribution in [0, 0.1) is 17.8 Å². The third-order valence-corrected chi connectivity index (χ3v) is 14.6. The standard InChI is InChI=1S/C41H61NO10/c1-20-12-26-6-8-30-21(2)13-28(45-30)10-11-41-19-40(5)39(52-41)38-37(50-40)36(51-41)35-31(49-38)9-7-27(47-35)14-24(43)15-29-23(4)32(16-25(44)18-42)48-34(29)17-33(46-26)22(20)3/h20,23,25-39,44H,2-3,6-19,42H2,1,4-5H3/t20-,23-,25+,26+,27?,28+,29-,30?,31+,32-,33-,34?,35+,36+,37+,38-,39?,40-,41-/m1/s1. The van der Waals surface area contributed by atoms with E-state index < -0.39 is 17.5 Å². The van der Waals surface area contributed by atoms with Gasteiger partial charge in [0.05, 0.1) is 54.9 Å². The summed E-state index contributed by atoms with van der Waals surface area (Å²) in [6, 6.07) is 0. The van der Waals surface area contributed by atoms with Gasteiger partial charge in [0.25, 0.3) is 0 Å². The van der Waals surface area contributed by atoms with Gasteiger partial charge >= 0.3 is 0 Å². The molecule has 52 heavy (non-hydrogen) atoms. The smallest absolute Gasteiger partial charge is 0.172 e. The third-order valence-electron chi connectivity index (χ3n) is 14.6. The van der Waals surface area contributed by atoms with Crippen molar-refractivity contribution in [3.05, 3.63) is 24.3 Å². The molecule has 3 N–H and O–H groups in total. The summed E-state index contributed by atoms with van der Waals surface area (Å²) in [6.07, 6.45) is 6.17. The largest absolute Gasteiger partial charge is 0.392 e. The molecule has 0 aromatic carbocycles. The molecular weight excluding hydrogens is 666 g/mol.